The number of ether oxygens (including phenoxy) is 1. The van der Waals surface area contributed by atoms with Crippen molar-refractivity contribution in [2.24, 2.45) is 5.92 Å². The van der Waals surface area contributed by atoms with Crippen molar-refractivity contribution in [1.82, 2.24) is 0 Å². The van der Waals surface area contributed by atoms with Crippen LogP contribution in [0.1, 0.15) is 18.9 Å². The van der Waals surface area contributed by atoms with E-state index in [0.29, 0.717) is 10.7 Å². The van der Waals surface area contributed by atoms with Crippen LogP contribution in [0, 0.1) is 5.92 Å². The number of anilines is 2. The monoisotopic (exact) mass is 400 g/mol. The van der Waals surface area contributed by atoms with Gasteiger partial charge in [-0.25, -0.2) is 0 Å². The molecule has 0 spiro atoms. The van der Waals surface area contributed by atoms with Gasteiger partial charge < -0.3 is 15.0 Å². The van der Waals surface area contributed by atoms with Crippen LogP contribution in [0.5, 0.6) is 0 Å². The van der Waals surface area contributed by atoms with Crippen LogP contribution >= 0.6 is 11.6 Å². The van der Waals surface area contributed by atoms with Crippen molar-refractivity contribution in [3.8, 4) is 0 Å². The summed E-state index contributed by atoms with van der Waals surface area (Å²) in [5, 5.41) is 2.99. The first-order chi connectivity index (χ1) is 13.5. The molecule has 2 aromatic carbocycles. The highest BCUT2D eigenvalue weighted by Gasteiger charge is 2.37. The summed E-state index contributed by atoms with van der Waals surface area (Å²) >= 11 is 5.98. The summed E-state index contributed by atoms with van der Waals surface area (Å²) in [7, 11) is 0. The Morgan fingerprint density at radius 2 is 1.89 bits per heavy atom. The number of para-hydroxylation sites is 2. The Labute approximate surface area is 168 Å². The van der Waals surface area contributed by atoms with Gasteiger partial charge in [-0.2, -0.15) is 0 Å². The SMILES string of the molecule is CCc1ccccc1N1C[C@@H](C(=O)OCC(=O)Nc2ccccc2Cl)CC1=O. The second-order valence-corrected chi connectivity index (χ2v) is 6.93. The van der Waals surface area contributed by atoms with Crippen LogP contribution in [0.4, 0.5) is 11.4 Å². The van der Waals surface area contributed by atoms with Gasteiger partial charge in [0.2, 0.25) is 5.91 Å². The standard InChI is InChI=1S/C21H21ClN2O4/c1-2-14-7-3-6-10-18(14)24-12-15(11-20(24)26)21(27)28-13-19(25)23-17-9-5-4-8-16(17)22/h3-10,15H,2,11-13H2,1H3,(H,23,25)/t15-/m0/s1. The highest BCUT2D eigenvalue weighted by Crippen LogP contribution is 2.29. The largest absolute Gasteiger partial charge is 0.455 e. The van der Waals surface area contributed by atoms with Crippen molar-refractivity contribution in [2.75, 3.05) is 23.4 Å². The molecule has 1 aliphatic heterocycles. The molecule has 0 saturated carbocycles. The van der Waals surface area contributed by atoms with E-state index in [0.717, 1.165) is 17.7 Å². The van der Waals surface area contributed by atoms with Crippen molar-refractivity contribution in [3.63, 3.8) is 0 Å². The highest BCUT2D eigenvalue weighted by atomic mass is 35.5. The van der Waals surface area contributed by atoms with Crippen LogP contribution in [0.2, 0.25) is 5.02 Å². The molecule has 1 atom stereocenters. The molecular formula is C21H21ClN2O4. The second-order valence-electron chi connectivity index (χ2n) is 6.52. The first-order valence-corrected chi connectivity index (χ1v) is 9.46. The van der Waals surface area contributed by atoms with E-state index in [2.05, 4.69) is 5.32 Å². The highest BCUT2D eigenvalue weighted by molar-refractivity contribution is 6.33. The number of amides is 2. The molecule has 0 aliphatic carbocycles. The molecule has 0 aromatic heterocycles. The van der Waals surface area contributed by atoms with Crippen molar-refractivity contribution in [3.05, 3.63) is 59.1 Å². The number of halogens is 1. The minimum absolute atomic E-state index is 0.0724. The third kappa shape index (κ3) is 4.51. The van der Waals surface area contributed by atoms with Gasteiger partial charge in [-0.3, -0.25) is 14.4 Å². The lowest BCUT2D eigenvalue weighted by Crippen LogP contribution is -2.28. The van der Waals surface area contributed by atoms with E-state index in [1.165, 1.54) is 0 Å². The Hall–Kier alpha value is -2.86. The molecule has 146 valence electrons. The molecule has 1 N–H and O–H groups in total. The van der Waals surface area contributed by atoms with Gasteiger partial charge in [0.05, 0.1) is 16.6 Å². The molecule has 2 aromatic rings. The molecule has 2 amide bonds. The molecule has 0 radical (unpaired) electrons. The predicted molar refractivity (Wildman–Crippen MR) is 107 cm³/mol. The zero-order valence-electron chi connectivity index (χ0n) is 15.5. The minimum atomic E-state index is -0.592. The summed E-state index contributed by atoms with van der Waals surface area (Å²) in [5.41, 5.74) is 2.31. The molecule has 1 saturated heterocycles. The fraction of sp³-hybridized carbons (Fsp3) is 0.286. The average molecular weight is 401 g/mol. The number of rotatable bonds is 6. The third-order valence-corrected chi connectivity index (χ3v) is 4.94. The zero-order valence-corrected chi connectivity index (χ0v) is 16.2. The Bertz CT molecular complexity index is 899. The molecule has 0 unspecified atom stereocenters. The van der Waals surface area contributed by atoms with Crippen molar-refractivity contribution >= 4 is 40.8 Å². The summed E-state index contributed by atoms with van der Waals surface area (Å²) in [6, 6.07) is 14.4. The van der Waals surface area contributed by atoms with Crippen molar-refractivity contribution < 1.29 is 19.1 Å². The Morgan fingerprint density at radius 1 is 1.18 bits per heavy atom. The summed E-state index contributed by atoms with van der Waals surface area (Å²) in [4.78, 5) is 38.4. The van der Waals surface area contributed by atoms with Gasteiger partial charge in [0.25, 0.3) is 5.91 Å². The fourth-order valence-corrected chi connectivity index (χ4v) is 3.36. The van der Waals surface area contributed by atoms with E-state index in [4.69, 9.17) is 16.3 Å². The second kappa shape index (κ2) is 8.89. The van der Waals surface area contributed by atoms with Crippen molar-refractivity contribution in [1.29, 1.82) is 0 Å². The van der Waals surface area contributed by atoms with Crippen LogP contribution in [-0.2, 0) is 25.5 Å². The van der Waals surface area contributed by atoms with E-state index in [1.807, 2.05) is 31.2 Å². The summed E-state index contributed by atoms with van der Waals surface area (Å²) in [6.45, 7) is 1.84. The predicted octanol–water partition coefficient (Wildman–Crippen LogP) is 3.44. The zero-order chi connectivity index (χ0) is 20.1. The molecule has 28 heavy (non-hydrogen) atoms. The van der Waals surface area contributed by atoms with E-state index in [9.17, 15) is 14.4 Å². The van der Waals surface area contributed by atoms with Crippen LogP contribution in [0.15, 0.2) is 48.5 Å². The Balaban J connectivity index is 1.56. The van der Waals surface area contributed by atoms with E-state index in [-0.39, 0.29) is 18.9 Å². The molecule has 1 fully saturated rings. The fourth-order valence-electron chi connectivity index (χ4n) is 3.17. The van der Waals surface area contributed by atoms with Crippen LogP contribution in [0.25, 0.3) is 0 Å². The number of hydrogen-bond acceptors (Lipinski definition) is 4. The van der Waals surface area contributed by atoms with Gasteiger partial charge >= 0.3 is 5.97 Å². The number of carbonyl (C=O) groups is 3. The number of nitrogens with zero attached hydrogens (tertiary/aromatic N) is 1. The summed E-state index contributed by atoms with van der Waals surface area (Å²) < 4.78 is 5.12. The molecule has 0 bridgehead atoms. The number of nitrogens with one attached hydrogen (secondary N) is 1. The number of aryl methyl sites for hydroxylation is 1. The smallest absolute Gasteiger partial charge is 0.311 e. The maximum Gasteiger partial charge on any atom is 0.311 e. The van der Waals surface area contributed by atoms with Gasteiger partial charge in [-0.1, -0.05) is 48.9 Å². The van der Waals surface area contributed by atoms with Crippen LogP contribution in [0.3, 0.4) is 0 Å². The van der Waals surface area contributed by atoms with Crippen LogP contribution < -0.4 is 10.2 Å². The summed E-state index contributed by atoms with van der Waals surface area (Å²) in [6.07, 6.45) is 0.861. The summed E-state index contributed by atoms with van der Waals surface area (Å²) in [5.74, 6) is -1.76. The Kier molecular flexibility index (Phi) is 6.31. The maximum absolute atomic E-state index is 12.4. The average Bonchev–Trinajstić information content (AvgIpc) is 3.09. The minimum Gasteiger partial charge on any atom is -0.455 e. The van der Waals surface area contributed by atoms with Gasteiger partial charge in [-0.15, -0.1) is 0 Å². The van der Waals surface area contributed by atoms with Crippen molar-refractivity contribution in [2.45, 2.75) is 19.8 Å². The van der Waals surface area contributed by atoms with E-state index in [1.54, 1.807) is 29.2 Å². The first kappa shape index (κ1) is 19.9. The number of carbonyl (C=O) groups excluding carboxylic acids is 3. The molecule has 1 heterocycles. The van der Waals surface area contributed by atoms with Gasteiger partial charge in [0.15, 0.2) is 6.61 Å². The molecule has 7 heteroatoms. The first-order valence-electron chi connectivity index (χ1n) is 9.09. The van der Waals surface area contributed by atoms with E-state index >= 15 is 0 Å². The normalized spacial score (nSPS) is 16.1. The molecule has 6 nitrogen and oxygen atoms in total. The van der Waals surface area contributed by atoms with Crippen LogP contribution in [-0.4, -0.2) is 30.9 Å². The topological polar surface area (TPSA) is 75.7 Å². The van der Waals surface area contributed by atoms with Gasteiger partial charge in [0, 0.05) is 18.7 Å². The van der Waals surface area contributed by atoms with E-state index < -0.39 is 24.4 Å². The van der Waals surface area contributed by atoms with Gasteiger partial charge in [-0.05, 0) is 30.2 Å². The molecule has 3 rings (SSSR count). The molecular weight excluding hydrogens is 380 g/mol. The lowest BCUT2D eigenvalue weighted by atomic mass is 10.1. The number of hydrogen-bond donors (Lipinski definition) is 1. The third-order valence-electron chi connectivity index (χ3n) is 4.62. The maximum atomic E-state index is 12.4. The number of benzene rings is 2. The lowest BCUT2D eigenvalue weighted by molar-refractivity contribution is -0.151. The quantitative estimate of drug-likeness (QED) is 0.753. The lowest BCUT2D eigenvalue weighted by Gasteiger charge is -2.19. The number of esters is 1. The van der Waals surface area contributed by atoms with Gasteiger partial charge in [0.1, 0.15) is 0 Å². The Morgan fingerprint density at radius 3 is 2.64 bits per heavy atom. The molecule has 1 aliphatic rings.